The number of nitrogens with one attached hydrogen (secondary N) is 1. The third-order valence-electron chi connectivity index (χ3n) is 2.50. The molecule has 0 saturated heterocycles. The molecule has 0 aliphatic carbocycles. The molecule has 0 aliphatic heterocycles. The van der Waals surface area contributed by atoms with Crippen molar-refractivity contribution >= 4 is 10.0 Å². The summed E-state index contributed by atoms with van der Waals surface area (Å²) in [5, 5.41) is -0.571. The van der Waals surface area contributed by atoms with Gasteiger partial charge >= 0.3 is 0 Å². The Morgan fingerprint density at radius 2 is 1.81 bits per heavy atom. The second kappa shape index (κ2) is 5.43. The van der Waals surface area contributed by atoms with Gasteiger partial charge in [0.25, 0.3) is 0 Å². The Morgan fingerprint density at radius 3 is 2.31 bits per heavy atom. The van der Waals surface area contributed by atoms with E-state index in [2.05, 4.69) is 4.72 Å². The predicted octanol–water partition coefficient (Wildman–Crippen LogP) is 1.01. The van der Waals surface area contributed by atoms with Gasteiger partial charge in [0, 0.05) is 12.6 Å². The Labute approximate surface area is 96.9 Å². The standard InChI is InChI=1S/C11H18N2O2S/c1-9(8-12)16(14,15)13-10(2)11-6-4-3-5-7-11/h3-7,9-10,13H,8,12H2,1-2H3. The molecule has 1 aromatic carbocycles. The molecule has 0 spiro atoms. The minimum atomic E-state index is -3.33. The third-order valence-corrected chi connectivity index (χ3v) is 4.44. The fraction of sp³-hybridized carbons (Fsp3) is 0.455. The average molecular weight is 242 g/mol. The van der Waals surface area contributed by atoms with Gasteiger partial charge in [0.1, 0.15) is 0 Å². The summed E-state index contributed by atoms with van der Waals surface area (Å²) in [6.45, 7) is 3.53. The molecular weight excluding hydrogens is 224 g/mol. The number of nitrogens with two attached hydrogens (primary N) is 1. The molecule has 1 rings (SSSR count). The van der Waals surface area contributed by atoms with Crippen LogP contribution < -0.4 is 10.5 Å². The minimum absolute atomic E-state index is 0.122. The van der Waals surface area contributed by atoms with E-state index in [1.807, 2.05) is 37.3 Å². The van der Waals surface area contributed by atoms with Gasteiger partial charge in [-0.3, -0.25) is 0 Å². The molecule has 0 saturated carbocycles. The molecule has 4 nitrogen and oxygen atoms in total. The van der Waals surface area contributed by atoms with E-state index in [-0.39, 0.29) is 12.6 Å². The zero-order chi connectivity index (χ0) is 12.2. The number of rotatable bonds is 5. The second-order valence-corrected chi connectivity index (χ2v) is 5.97. The average Bonchev–Trinajstić information content (AvgIpc) is 2.28. The van der Waals surface area contributed by atoms with Crippen molar-refractivity contribution in [3.8, 4) is 0 Å². The van der Waals surface area contributed by atoms with Crippen LogP contribution in [0.2, 0.25) is 0 Å². The highest BCUT2D eigenvalue weighted by atomic mass is 32.2. The van der Waals surface area contributed by atoms with E-state index in [1.54, 1.807) is 6.92 Å². The van der Waals surface area contributed by atoms with Crippen molar-refractivity contribution < 1.29 is 8.42 Å². The van der Waals surface area contributed by atoms with Crippen LogP contribution in [0.5, 0.6) is 0 Å². The fourth-order valence-electron chi connectivity index (χ4n) is 1.30. The van der Waals surface area contributed by atoms with Crippen LogP contribution in [0.1, 0.15) is 25.5 Å². The van der Waals surface area contributed by atoms with Gasteiger partial charge in [-0.1, -0.05) is 30.3 Å². The first-order valence-corrected chi connectivity index (χ1v) is 6.78. The smallest absolute Gasteiger partial charge is 0.216 e. The SMILES string of the molecule is CC(NS(=O)(=O)C(C)CN)c1ccccc1. The summed E-state index contributed by atoms with van der Waals surface area (Å²) in [5.74, 6) is 0. The van der Waals surface area contributed by atoms with Gasteiger partial charge in [0.2, 0.25) is 10.0 Å². The molecule has 0 amide bonds. The first-order valence-electron chi connectivity index (χ1n) is 5.23. The lowest BCUT2D eigenvalue weighted by atomic mass is 10.1. The number of benzene rings is 1. The molecule has 0 heterocycles. The molecule has 0 radical (unpaired) electrons. The van der Waals surface area contributed by atoms with E-state index < -0.39 is 15.3 Å². The monoisotopic (exact) mass is 242 g/mol. The maximum atomic E-state index is 11.8. The lowest BCUT2D eigenvalue weighted by molar-refractivity contribution is 0.555. The predicted molar refractivity (Wildman–Crippen MR) is 65.4 cm³/mol. The third kappa shape index (κ3) is 3.30. The van der Waals surface area contributed by atoms with Crippen molar-refractivity contribution in [2.24, 2.45) is 5.73 Å². The van der Waals surface area contributed by atoms with E-state index in [4.69, 9.17) is 5.73 Å². The zero-order valence-electron chi connectivity index (χ0n) is 9.55. The maximum absolute atomic E-state index is 11.8. The maximum Gasteiger partial charge on any atom is 0.216 e. The van der Waals surface area contributed by atoms with Gasteiger partial charge in [-0.15, -0.1) is 0 Å². The van der Waals surface area contributed by atoms with Crippen LogP contribution >= 0.6 is 0 Å². The molecule has 1 aromatic rings. The minimum Gasteiger partial charge on any atom is -0.329 e. The van der Waals surface area contributed by atoms with E-state index in [9.17, 15) is 8.42 Å². The summed E-state index contributed by atoms with van der Waals surface area (Å²) in [5.41, 5.74) is 6.29. The molecule has 2 atom stereocenters. The second-order valence-electron chi connectivity index (χ2n) is 3.84. The number of hydrogen-bond acceptors (Lipinski definition) is 3. The molecule has 0 aliphatic rings. The highest BCUT2D eigenvalue weighted by Gasteiger charge is 2.21. The van der Waals surface area contributed by atoms with Gasteiger partial charge in [-0.25, -0.2) is 13.1 Å². The van der Waals surface area contributed by atoms with Crippen molar-refractivity contribution in [3.63, 3.8) is 0 Å². The quantitative estimate of drug-likeness (QED) is 0.809. The Kier molecular flexibility index (Phi) is 4.46. The Morgan fingerprint density at radius 1 is 1.25 bits per heavy atom. The zero-order valence-corrected chi connectivity index (χ0v) is 10.4. The van der Waals surface area contributed by atoms with Crippen LogP contribution in [-0.4, -0.2) is 20.2 Å². The molecule has 90 valence electrons. The number of hydrogen-bond donors (Lipinski definition) is 2. The molecule has 0 aromatic heterocycles. The van der Waals surface area contributed by atoms with Crippen LogP contribution in [0.3, 0.4) is 0 Å². The first kappa shape index (κ1) is 13.2. The summed E-state index contributed by atoms with van der Waals surface area (Å²) in [6.07, 6.45) is 0. The highest BCUT2D eigenvalue weighted by Crippen LogP contribution is 2.13. The number of sulfonamides is 1. The van der Waals surface area contributed by atoms with Gasteiger partial charge in [-0.05, 0) is 19.4 Å². The van der Waals surface area contributed by atoms with E-state index in [0.29, 0.717) is 0 Å². The van der Waals surface area contributed by atoms with Gasteiger partial charge in [0.15, 0.2) is 0 Å². The summed E-state index contributed by atoms with van der Waals surface area (Å²) in [4.78, 5) is 0. The highest BCUT2D eigenvalue weighted by molar-refractivity contribution is 7.90. The summed E-state index contributed by atoms with van der Waals surface area (Å²) in [6, 6.07) is 9.20. The van der Waals surface area contributed by atoms with Crippen LogP contribution in [0.15, 0.2) is 30.3 Å². The van der Waals surface area contributed by atoms with Crippen molar-refractivity contribution in [1.82, 2.24) is 4.72 Å². The summed E-state index contributed by atoms with van der Waals surface area (Å²) < 4.78 is 26.1. The molecule has 16 heavy (non-hydrogen) atoms. The van der Waals surface area contributed by atoms with Crippen LogP contribution in [-0.2, 0) is 10.0 Å². The van der Waals surface area contributed by atoms with Crippen molar-refractivity contribution in [2.45, 2.75) is 25.1 Å². The van der Waals surface area contributed by atoms with Crippen molar-refractivity contribution in [1.29, 1.82) is 0 Å². The van der Waals surface area contributed by atoms with Crippen LogP contribution in [0.4, 0.5) is 0 Å². The Hall–Kier alpha value is -0.910. The molecule has 0 bridgehead atoms. The molecule has 0 fully saturated rings. The van der Waals surface area contributed by atoms with Crippen LogP contribution in [0.25, 0.3) is 0 Å². The fourth-order valence-corrected chi connectivity index (χ4v) is 2.41. The van der Waals surface area contributed by atoms with Gasteiger partial charge in [0.05, 0.1) is 5.25 Å². The molecule has 2 unspecified atom stereocenters. The molecule has 5 heteroatoms. The van der Waals surface area contributed by atoms with Crippen molar-refractivity contribution in [2.75, 3.05) is 6.54 Å². The van der Waals surface area contributed by atoms with Gasteiger partial charge < -0.3 is 5.73 Å². The van der Waals surface area contributed by atoms with Gasteiger partial charge in [-0.2, -0.15) is 0 Å². The first-order chi connectivity index (χ1) is 7.47. The van der Waals surface area contributed by atoms with E-state index in [0.717, 1.165) is 5.56 Å². The summed E-state index contributed by atoms with van der Waals surface area (Å²) >= 11 is 0. The lowest BCUT2D eigenvalue weighted by Gasteiger charge is -2.17. The van der Waals surface area contributed by atoms with Crippen molar-refractivity contribution in [3.05, 3.63) is 35.9 Å². The summed E-state index contributed by atoms with van der Waals surface area (Å²) in [7, 11) is -3.33. The van der Waals surface area contributed by atoms with E-state index in [1.165, 1.54) is 0 Å². The Balaban J connectivity index is 2.76. The van der Waals surface area contributed by atoms with E-state index >= 15 is 0 Å². The normalized spacial score (nSPS) is 15.7. The molecule has 3 N–H and O–H groups in total. The largest absolute Gasteiger partial charge is 0.329 e. The molecular formula is C11H18N2O2S. The Bertz CT molecular complexity index is 417. The topological polar surface area (TPSA) is 72.2 Å². The lowest BCUT2D eigenvalue weighted by Crippen LogP contribution is -2.38. The van der Waals surface area contributed by atoms with Crippen LogP contribution in [0, 0.1) is 0 Å².